The van der Waals surface area contributed by atoms with Crippen molar-refractivity contribution in [3.63, 3.8) is 0 Å². The molecule has 0 atom stereocenters. The molecular formula is C14H9FN2O2. The molecule has 0 aliphatic rings. The summed E-state index contributed by atoms with van der Waals surface area (Å²) in [6.45, 7) is 0. The van der Waals surface area contributed by atoms with Gasteiger partial charge in [-0.2, -0.15) is 5.26 Å². The maximum atomic E-state index is 13.2. The molecular weight excluding hydrogens is 247 g/mol. The van der Waals surface area contributed by atoms with E-state index in [0.717, 1.165) is 11.0 Å². The fourth-order valence-corrected chi connectivity index (χ4v) is 1.69. The lowest BCUT2D eigenvalue weighted by atomic mass is 10.2. The molecule has 0 saturated heterocycles. The number of carboxylic acid groups (broad SMARTS) is 1. The Balaban J connectivity index is 2.53. The van der Waals surface area contributed by atoms with Gasteiger partial charge in [0.05, 0.1) is 16.9 Å². The molecule has 19 heavy (non-hydrogen) atoms. The topological polar surface area (TPSA) is 64.3 Å². The van der Waals surface area contributed by atoms with Crippen molar-refractivity contribution in [2.24, 2.45) is 0 Å². The van der Waals surface area contributed by atoms with Crippen molar-refractivity contribution in [2.75, 3.05) is 4.90 Å². The van der Waals surface area contributed by atoms with Gasteiger partial charge >= 0.3 is 6.09 Å². The van der Waals surface area contributed by atoms with Crippen LogP contribution in [-0.2, 0) is 0 Å². The average Bonchev–Trinajstić information content (AvgIpc) is 2.41. The zero-order valence-corrected chi connectivity index (χ0v) is 9.75. The lowest BCUT2D eigenvalue weighted by Gasteiger charge is -2.19. The van der Waals surface area contributed by atoms with Gasteiger partial charge in [0.2, 0.25) is 0 Å². The van der Waals surface area contributed by atoms with Gasteiger partial charge in [0.1, 0.15) is 11.9 Å². The van der Waals surface area contributed by atoms with E-state index in [1.165, 1.54) is 12.1 Å². The van der Waals surface area contributed by atoms with E-state index in [4.69, 9.17) is 5.26 Å². The molecule has 0 aromatic heterocycles. The van der Waals surface area contributed by atoms with E-state index in [-0.39, 0.29) is 11.3 Å². The van der Waals surface area contributed by atoms with Crippen LogP contribution in [0.4, 0.5) is 20.6 Å². The fourth-order valence-electron chi connectivity index (χ4n) is 1.69. The Hall–Kier alpha value is -2.87. The Morgan fingerprint density at radius 1 is 1.16 bits per heavy atom. The maximum absolute atomic E-state index is 13.2. The molecule has 0 aliphatic carbocycles. The molecule has 4 nitrogen and oxygen atoms in total. The number of halogens is 1. The van der Waals surface area contributed by atoms with Crippen LogP contribution in [0.15, 0.2) is 48.5 Å². The molecule has 2 aromatic rings. The summed E-state index contributed by atoms with van der Waals surface area (Å²) in [5.74, 6) is -0.676. The van der Waals surface area contributed by atoms with Crippen LogP contribution in [-0.4, -0.2) is 11.2 Å². The van der Waals surface area contributed by atoms with Crippen LogP contribution < -0.4 is 4.90 Å². The predicted octanol–water partition coefficient (Wildman–Crippen LogP) is 3.51. The molecule has 2 rings (SSSR count). The number of carbonyl (C=O) groups is 1. The van der Waals surface area contributed by atoms with Crippen LogP contribution in [0.25, 0.3) is 0 Å². The summed E-state index contributed by atoms with van der Waals surface area (Å²) in [5, 5.41) is 18.0. The highest BCUT2D eigenvalue weighted by Gasteiger charge is 2.17. The smallest absolute Gasteiger partial charge is 0.416 e. The van der Waals surface area contributed by atoms with E-state index in [9.17, 15) is 14.3 Å². The van der Waals surface area contributed by atoms with Gasteiger partial charge in [0.25, 0.3) is 0 Å². The van der Waals surface area contributed by atoms with Crippen molar-refractivity contribution >= 4 is 17.5 Å². The van der Waals surface area contributed by atoms with Crippen LogP contribution in [0, 0.1) is 17.1 Å². The summed E-state index contributed by atoms with van der Waals surface area (Å²) in [4.78, 5) is 12.3. The van der Waals surface area contributed by atoms with Crippen LogP contribution in [0.2, 0.25) is 0 Å². The second kappa shape index (κ2) is 5.19. The molecule has 1 amide bonds. The van der Waals surface area contributed by atoms with E-state index in [1.807, 2.05) is 0 Å². The summed E-state index contributed by atoms with van der Waals surface area (Å²) in [7, 11) is 0. The van der Waals surface area contributed by atoms with Gasteiger partial charge in [-0.25, -0.2) is 14.1 Å². The molecule has 0 unspecified atom stereocenters. The first kappa shape index (κ1) is 12.6. The third-order valence-corrected chi connectivity index (χ3v) is 2.53. The number of hydrogen-bond donors (Lipinski definition) is 1. The molecule has 94 valence electrons. The van der Waals surface area contributed by atoms with Gasteiger partial charge < -0.3 is 5.11 Å². The van der Waals surface area contributed by atoms with Gasteiger partial charge in [-0.15, -0.1) is 0 Å². The summed E-state index contributed by atoms with van der Waals surface area (Å²) in [6.07, 6.45) is -1.21. The molecule has 2 aromatic carbocycles. The minimum Gasteiger partial charge on any atom is -0.464 e. The van der Waals surface area contributed by atoms with Gasteiger partial charge in [-0.3, -0.25) is 0 Å². The fraction of sp³-hybridized carbons (Fsp3) is 0. The minimum atomic E-state index is -1.21. The Bertz CT molecular complexity index is 650. The summed E-state index contributed by atoms with van der Waals surface area (Å²) >= 11 is 0. The normalized spacial score (nSPS) is 9.68. The number of nitriles is 1. The second-order valence-corrected chi connectivity index (χ2v) is 3.73. The number of rotatable bonds is 2. The van der Waals surface area contributed by atoms with Crippen LogP contribution in [0.1, 0.15) is 5.56 Å². The standard InChI is InChI=1S/C14H9FN2O2/c15-13-7-6-12(8-10(13)9-16)17(14(18)19)11-4-2-1-3-5-11/h1-8H,(H,18,19). The van der Waals surface area contributed by atoms with Crippen LogP contribution in [0.3, 0.4) is 0 Å². The van der Waals surface area contributed by atoms with E-state index >= 15 is 0 Å². The van der Waals surface area contributed by atoms with E-state index in [1.54, 1.807) is 36.4 Å². The zero-order chi connectivity index (χ0) is 13.8. The molecule has 0 fully saturated rings. The molecule has 0 aliphatic heterocycles. The number of nitrogens with zero attached hydrogens (tertiary/aromatic N) is 2. The summed E-state index contributed by atoms with van der Waals surface area (Å²) in [5.41, 5.74) is 0.446. The van der Waals surface area contributed by atoms with Crippen molar-refractivity contribution < 1.29 is 14.3 Å². The zero-order valence-electron chi connectivity index (χ0n) is 9.75. The quantitative estimate of drug-likeness (QED) is 0.894. The van der Waals surface area contributed by atoms with E-state index < -0.39 is 11.9 Å². The summed E-state index contributed by atoms with van der Waals surface area (Å²) < 4.78 is 13.2. The second-order valence-electron chi connectivity index (χ2n) is 3.73. The highest BCUT2D eigenvalue weighted by Crippen LogP contribution is 2.26. The molecule has 0 saturated carbocycles. The van der Waals surface area contributed by atoms with Crippen LogP contribution >= 0.6 is 0 Å². The van der Waals surface area contributed by atoms with Crippen molar-refractivity contribution in [3.8, 4) is 6.07 Å². The number of para-hydroxylation sites is 1. The van der Waals surface area contributed by atoms with Gasteiger partial charge in [-0.1, -0.05) is 18.2 Å². The first-order valence-corrected chi connectivity index (χ1v) is 5.41. The average molecular weight is 256 g/mol. The van der Waals surface area contributed by atoms with Crippen molar-refractivity contribution in [1.29, 1.82) is 5.26 Å². The third kappa shape index (κ3) is 2.53. The molecule has 0 bridgehead atoms. The minimum absolute atomic E-state index is 0.195. The van der Waals surface area contributed by atoms with Crippen molar-refractivity contribution in [3.05, 3.63) is 59.9 Å². The molecule has 0 spiro atoms. The molecule has 1 N–H and O–H groups in total. The molecule has 0 radical (unpaired) electrons. The number of anilines is 2. The van der Waals surface area contributed by atoms with Crippen molar-refractivity contribution in [1.82, 2.24) is 0 Å². The lowest BCUT2D eigenvalue weighted by Crippen LogP contribution is -2.23. The first-order valence-electron chi connectivity index (χ1n) is 5.41. The number of amides is 1. The highest BCUT2D eigenvalue weighted by atomic mass is 19.1. The van der Waals surface area contributed by atoms with E-state index in [0.29, 0.717) is 5.69 Å². The number of benzene rings is 2. The Morgan fingerprint density at radius 3 is 2.42 bits per heavy atom. The highest BCUT2D eigenvalue weighted by molar-refractivity contribution is 5.94. The Kier molecular flexibility index (Phi) is 3.44. The Labute approximate surface area is 108 Å². The van der Waals surface area contributed by atoms with Crippen molar-refractivity contribution in [2.45, 2.75) is 0 Å². The third-order valence-electron chi connectivity index (χ3n) is 2.53. The van der Waals surface area contributed by atoms with Gasteiger partial charge in [0, 0.05) is 0 Å². The van der Waals surface area contributed by atoms with Gasteiger partial charge in [0.15, 0.2) is 0 Å². The summed E-state index contributed by atoms with van der Waals surface area (Å²) in [6, 6.07) is 13.7. The predicted molar refractivity (Wildman–Crippen MR) is 67.7 cm³/mol. The monoisotopic (exact) mass is 256 g/mol. The molecule has 0 heterocycles. The Morgan fingerprint density at radius 2 is 1.84 bits per heavy atom. The van der Waals surface area contributed by atoms with Gasteiger partial charge in [-0.05, 0) is 30.3 Å². The largest absolute Gasteiger partial charge is 0.464 e. The lowest BCUT2D eigenvalue weighted by molar-refractivity contribution is 0.205. The number of hydrogen-bond acceptors (Lipinski definition) is 2. The van der Waals surface area contributed by atoms with Crippen LogP contribution in [0.5, 0.6) is 0 Å². The molecule has 5 heteroatoms. The first-order chi connectivity index (χ1) is 9.13. The van der Waals surface area contributed by atoms with E-state index in [2.05, 4.69) is 0 Å². The SMILES string of the molecule is N#Cc1cc(N(C(=O)O)c2ccccc2)ccc1F. The maximum Gasteiger partial charge on any atom is 0.416 e.